The smallest absolute Gasteiger partial charge is 0.159 e. The lowest BCUT2D eigenvalue weighted by Gasteiger charge is -2.35. The molecule has 2 N–H and O–H groups in total. The van der Waals surface area contributed by atoms with Crippen molar-refractivity contribution >= 4 is 11.9 Å². The van der Waals surface area contributed by atoms with Crippen LogP contribution in [-0.4, -0.2) is 37.6 Å². The van der Waals surface area contributed by atoms with Crippen molar-refractivity contribution in [1.29, 1.82) is 0 Å². The fraction of sp³-hybridized carbons (Fsp3) is 0.684. The van der Waals surface area contributed by atoms with Crippen LogP contribution in [0.1, 0.15) is 50.0 Å². The molecule has 1 aromatic carbocycles. The molecule has 0 radical (unpaired) electrons. The van der Waals surface area contributed by atoms with Crippen LogP contribution in [0, 0.1) is 11.6 Å². The molecule has 1 heterocycles. The summed E-state index contributed by atoms with van der Waals surface area (Å²) in [5.41, 5.74) is 0.913. The van der Waals surface area contributed by atoms with E-state index in [0.717, 1.165) is 44.4 Å². The Morgan fingerprint density at radius 1 is 1.16 bits per heavy atom. The maximum absolute atomic E-state index is 13.4. The SMILES string of the molecule is CSN[C@H]1CCCN[C@H]1CO[C@H]1CC[C@@H](c2ccc(F)c(F)c2)CC1. The average molecular weight is 371 g/mol. The summed E-state index contributed by atoms with van der Waals surface area (Å²) >= 11 is 1.67. The molecule has 0 unspecified atom stereocenters. The first kappa shape index (κ1) is 19.1. The van der Waals surface area contributed by atoms with E-state index in [9.17, 15) is 8.78 Å². The molecule has 1 saturated heterocycles. The first-order valence-corrected chi connectivity index (χ1v) is 10.5. The standard InChI is InChI=1S/C19H28F2N2OS/c1-25-23-18-3-2-10-22-19(18)12-24-15-7-4-13(5-8-15)14-6-9-16(20)17(21)11-14/h6,9,11,13,15,18-19,22-23H,2-5,7-8,10,12H2,1H3/t13-,15+,18-,19-/m0/s1. The number of piperidine rings is 1. The Labute approximate surface area is 153 Å². The van der Waals surface area contributed by atoms with E-state index in [1.54, 1.807) is 18.0 Å². The summed E-state index contributed by atoms with van der Waals surface area (Å²) in [6.07, 6.45) is 8.64. The van der Waals surface area contributed by atoms with Crippen LogP contribution in [-0.2, 0) is 4.74 Å². The lowest BCUT2D eigenvalue weighted by atomic mass is 9.82. The molecule has 3 nitrogen and oxygen atoms in total. The molecule has 0 spiro atoms. The van der Waals surface area contributed by atoms with Gasteiger partial charge in [0.25, 0.3) is 0 Å². The highest BCUT2D eigenvalue weighted by atomic mass is 32.2. The van der Waals surface area contributed by atoms with Crippen molar-refractivity contribution < 1.29 is 13.5 Å². The molecule has 25 heavy (non-hydrogen) atoms. The molecular formula is C19H28F2N2OS. The van der Waals surface area contributed by atoms with E-state index in [1.807, 2.05) is 0 Å². The molecule has 2 atom stereocenters. The van der Waals surface area contributed by atoms with Crippen LogP contribution in [0.2, 0.25) is 0 Å². The summed E-state index contributed by atoms with van der Waals surface area (Å²) in [7, 11) is 0. The van der Waals surface area contributed by atoms with E-state index in [0.29, 0.717) is 18.0 Å². The van der Waals surface area contributed by atoms with Crippen molar-refractivity contribution in [2.45, 2.75) is 62.6 Å². The summed E-state index contributed by atoms with van der Waals surface area (Å²) in [4.78, 5) is 0. The predicted molar refractivity (Wildman–Crippen MR) is 98.8 cm³/mol. The number of ether oxygens (including phenoxy) is 1. The fourth-order valence-corrected chi connectivity index (χ4v) is 4.57. The highest BCUT2D eigenvalue weighted by Crippen LogP contribution is 2.34. The quantitative estimate of drug-likeness (QED) is 0.742. The monoisotopic (exact) mass is 370 g/mol. The first-order chi connectivity index (χ1) is 12.2. The van der Waals surface area contributed by atoms with Gasteiger partial charge in [0.2, 0.25) is 0 Å². The van der Waals surface area contributed by atoms with Crippen molar-refractivity contribution in [3.63, 3.8) is 0 Å². The van der Waals surface area contributed by atoms with E-state index in [2.05, 4.69) is 16.3 Å². The zero-order chi connectivity index (χ0) is 17.6. The zero-order valence-corrected chi connectivity index (χ0v) is 15.6. The molecular weight excluding hydrogens is 342 g/mol. The van der Waals surface area contributed by atoms with Gasteiger partial charge in [-0.25, -0.2) is 8.78 Å². The Hall–Kier alpha value is -0.690. The van der Waals surface area contributed by atoms with Gasteiger partial charge in [-0.15, -0.1) is 0 Å². The third kappa shape index (κ3) is 5.16. The van der Waals surface area contributed by atoms with Gasteiger partial charge in [-0.3, -0.25) is 4.72 Å². The molecule has 1 aliphatic heterocycles. The number of hydrogen-bond acceptors (Lipinski definition) is 4. The molecule has 1 aliphatic carbocycles. The van der Waals surface area contributed by atoms with Crippen LogP contribution in [0.5, 0.6) is 0 Å². The summed E-state index contributed by atoms with van der Waals surface area (Å²) in [6, 6.07) is 5.13. The van der Waals surface area contributed by atoms with E-state index in [-0.39, 0.29) is 6.10 Å². The maximum Gasteiger partial charge on any atom is 0.159 e. The Kier molecular flexibility index (Phi) is 7.10. The zero-order valence-electron chi connectivity index (χ0n) is 14.8. The second kappa shape index (κ2) is 9.31. The lowest BCUT2D eigenvalue weighted by Crippen LogP contribution is -2.52. The van der Waals surface area contributed by atoms with Crippen molar-refractivity contribution in [2.75, 3.05) is 19.4 Å². The largest absolute Gasteiger partial charge is 0.377 e. The van der Waals surface area contributed by atoms with Gasteiger partial charge in [-0.1, -0.05) is 18.0 Å². The molecule has 6 heteroatoms. The molecule has 0 aromatic heterocycles. The molecule has 1 saturated carbocycles. The highest BCUT2D eigenvalue weighted by molar-refractivity contribution is 7.96. The Balaban J connectivity index is 1.45. The van der Waals surface area contributed by atoms with Crippen LogP contribution in [0.25, 0.3) is 0 Å². The number of rotatable bonds is 6. The molecule has 3 rings (SSSR count). The second-order valence-electron chi connectivity index (χ2n) is 7.11. The van der Waals surface area contributed by atoms with E-state index in [4.69, 9.17) is 4.74 Å². The van der Waals surface area contributed by atoms with Gasteiger partial charge >= 0.3 is 0 Å². The van der Waals surface area contributed by atoms with Crippen LogP contribution in [0.15, 0.2) is 18.2 Å². The number of hydrogen-bond donors (Lipinski definition) is 2. The average Bonchev–Trinajstić information content (AvgIpc) is 2.64. The molecule has 2 fully saturated rings. The van der Waals surface area contributed by atoms with Gasteiger partial charge in [0.15, 0.2) is 11.6 Å². The predicted octanol–water partition coefficient (Wildman–Crippen LogP) is 4.00. The Bertz CT molecular complexity index is 550. The number of benzene rings is 1. The summed E-state index contributed by atoms with van der Waals surface area (Å²) in [5.74, 6) is -1.20. The van der Waals surface area contributed by atoms with Crippen molar-refractivity contribution in [3.05, 3.63) is 35.4 Å². The molecule has 2 aliphatic rings. The van der Waals surface area contributed by atoms with Crippen LogP contribution >= 0.6 is 11.9 Å². The third-order valence-electron chi connectivity index (χ3n) is 5.45. The lowest BCUT2D eigenvalue weighted by molar-refractivity contribution is 0.00536. The number of nitrogens with one attached hydrogen (secondary N) is 2. The van der Waals surface area contributed by atoms with Gasteiger partial charge in [-0.2, -0.15) is 0 Å². The minimum Gasteiger partial charge on any atom is -0.377 e. The Morgan fingerprint density at radius 2 is 1.96 bits per heavy atom. The van der Waals surface area contributed by atoms with E-state index in [1.165, 1.54) is 25.0 Å². The normalized spacial score (nSPS) is 30.4. The molecule has 140 valence electrons. The summed E-state index contributed by atoms with van der Waals surface area (Å²) < 4.78 is 36.2. The van der Waals surface area contributed by atoms with Gasteiger partial charge < -0.3 is 10.1 Å². The second-order valence-corrected chi connectivity index (χ2v) is 7.76. The topological polar surface area (TPSA) is 33.3 Å². The van der Waals surface area contributed by atoms with Crippen LogP contribution < -0.4 is 10.0 Å². The minimum absolute atomic E-state index is 0.278. The van der Waals surface area contributed by atoms with E-state index < -0.39 is 11.6 Å². The van der Waals surface area contributed by atoms with Crippen molar-refractivity contribution in [1.82, 2.24) is 10.0 Å². The number of halogens is 2. The Morgan fingerprint density at radius 3 is 2.68 bits per heavy atom. The molecule has 0 amide bonds. The van der Waals surface area contributed by atoms with Crippen LogP contribution in [0.4, 0.5) is 8.78 Å². The van der Waals surface area contributed by atoms with Gasteiger partial charge in [0.1, 0.15) is 0 Å². The summed E-state index contributed by atoms with van der Waals surface area (Å²) in [5, 5.41) is 3.56. The van der Waals surface area contributed by atoms with Crippen molar-refractivity contribution in [3.8, 4) is 0 Å². The maximum atomic E-state index is 13.4. The van der Waals surface area contributed by atoms with Gasteiger partial charge in [0.05, 0.1) is 12.7 Å². The van der Waals surface area contributed by atoms with E-state index >= 15 is 0 Å². The third-order valence-corrected chi connectivity index (χ3v) is 5.99. The van der Waals surface area contributed by atoms with Gasteiger partial charge in [0, 0.05) is 12.1 Å². The first-order valence-electron chi connectivity index (χ1n) is 9.26. The fourth-order valence-electron chi connectivity index (χ4n) is 3.99. The van der Waals surface area contributed by atoms with Gasteiger partial charge in [-0.05, 0) is 74.9 Å². The minimum atomic E-state index is -0.769. The molecule has 1 aromatic rings. The van der Waals surface area contributed by atoms with Crippen molar-refractivity contribution in [2.24, 2.45) is 0 Å². The molecule has 0 bridgehead atoms. The summed E-state index contributed by atoms with van der Waals surface area (Å²) in [6.45, 7) is 1.79. The van der Waals surface area contributed by atoms with Crippen LogP contribution in [0.3, 0.4) is 0 Å². The highest BCUT2D eigenvalue weighted by Gasteiger charge is 2.28.